The van der Waals surface area contributed by atoms with E-state index in [0.29, 0.717) is 13.1 Å². The number of hydrogen-bond donors (Lipinski definition) is 2. The van der Waals surface area contributed by atoms with Crippen molar-refractivity contribution >= 4 is 11.9 Å². The molecular formula is C9H18N4O. The van der Waals surface area contributed by atoms with E-state index in [1.54, 1.807) is 16.8 Å². The Morgan fingerprint density at radius 3 is 2.86 bits per heavy atom. The average molecular weight is 198 g/mol. The molecule has 0 radical (unpaired) electrons. The first-order valence-corrected chi connectivity index (χ1v) is 4.93. The zero-order chi connectivity index (χ0) is 10.7. The fourth-order valence-electron chi connectivity index (χ4n) is 1.67. The van der Waals surface area contributed by atoms with Crippen molar-refractivity contribution in [2.45, 2.75) is 25.8 Å². The van der Waals surface area contributed by atoms with E-state index in [-0.39, 0.29) is 17.9 Å². The van der Waals surface area contributed by atoms with E-state index in [4.69, 9.17) is 11.1 Å². The summed E-state index contributed by atoms with van der Waals surface area (Å²) in [7, 11) is 1.76. The third kappa shape index (κ3) is 1.97. The Labute approximate surface area is 84.4 Å². The molecule has 1 aliphatic heterocycles. The molecule has 1 atom stereocenters. The zero-order valence-corrected chi connectivity index (χ0v) is 8.79. The summed E-state index contributed by atoms with van der Waals surface area (Å²) in [5.41, 5.74) is 5.44. The Morgan fingerprint density at radius 1 is 1.71 bits per heavy atom. The number of rotatable bonds is 2. The van der Waals surface area contributed by atoms with Gasteiger partial charge in [0.05, 0.1) is 6.04 Å². The first-order valence-electron chi connectivity index (χ1n) is 4.93. The number of amidine groups is 1. The van der Waals surface area contributed by atoms with E-state index >= 15 is 0 Å². The lowest BCUT2D eigenvalue weighted by Gasteiger charge is -2.28. The van der Waals surface area contributed by atoms with Crippen molar-refractivity contribution in [2.24, 2.45) is 5.73 Å². The van der Waals surface area contributed by atoms with Gasteiger partial charge in [-0.2, -0.15) is 0 Å². The van der Waals surface area contributed by atoms with Gasteiger partial charge in [-0.05, 0) is 19.8 Å². The summed E-state index contributed by atoms with van der Waals surface area (Å²) < 4.78 is 0. The number of likely N-dealkylation sites (tertiary alicyclic amines) is 1. The summed E-state index contributed by atoms with van der Waals surface area (Å²) in [4.78, 5) is 15.1. The fraction of sp³-hybridized carbons (Fsp3) is 0.778. The second kappa shape index (κ2) is 4.30. The molecule has 0 saturated carbocycles. The lowest BCUT2D eigenvalue weighted by Crippen LogP contribution is -2.48. The molecule has 5 heteroatoms. The smallest absolute Gasteiger partial charge is 0.320 e. The Bertz CT molecular complexity index is 241. The monoisotopic (exact) mass is 198 g/mol. The maximum Gasteiger partial charge on any atom is 0.320 e. The third-order valence-electron chi connectivity index (χ3n) is 2.66. The summed E-state index contributed by atoms with van der Waals surface area (Å²) in [6.07, 6.45) is 1.76. The van der Waals surface area contributed by atoms with E-state index in [9.17, 15) is 4.79 Å². The van der Waals surface area contributed by atoms with Crippen LogP contribution in [0.4, 0.5) is 4.79 Å². The van der Waals surface area contributed by atoms with Crippen LogP contribution in [0.15, 0.2) is 0 Å². The van der Waals surface area contributed by atoms with Crippen molar-refractivity contribution < 1.29 is 4.79 Å². The molecule has 1 heterocycles. The van der Waals surface area contributed by atoms with Crippen LogP contribution in [0.5, 0.6) is 0 Å². The number of nitrogens with two attached hydrogens (primary N) is 1. The van der Waals surface area contributed by atoms with E-state index in [0.717, 1.165) is 12.8 Å². The van der Waals surface area contributed by atoms with Crippen molar-refractivity contribution in [1.82, 2.24) is 9.80 Å². The maximum atomic E-state index is 11.8. The zero-order valence-electron chi connectivity index (χ0n) is 8.79. The molecule has 1 unspecified atom stereocenters. The molecule has 0 aromatic heterocycles. The highest BCUT2D eigenvalue weighted by Crippen LogP contribution is 2.18. The van der Waals surface area contributed by atoms with Crippen LogP contribution in [-0.4, -0.2) is 47.8 Å². The van der Waals surface area contributed by atoms with Gasteiger partial charge >= 0.3 is 6.03 Å². The molecule has 1 rings (SSSR count). The number of hydrogen-bond acceptors (Lipinski definition) is 2. The van der Waals surface area contributed by atoms with Crippen molar-refractivity contribution in [3.8, 4) is 0 Å². The van der Waals surface area contributed by atoms with Gasteiger partial charge in [-0.25, -0.2) is 4.79 Å². The van der Waals surface area contributed by atoms with Crippen LogP contribution in [-0.2, 0) is 0 Å². The normalized spacial score (nSPS) is 21.0. The Balaban J connectivity index is 2.67. The third-order valence-corrected chi connectivity index (χ3v) is 2.66. The maximum absolute atomic E-state index is 11.8. The van der Waals surface area contributed by atoms with Crippen molar-refractivity contribution in [3.05, 3.63) is 0 Å². The van der Waals surface area contributed by atoms with Crippen LogP contribution < -0.4 is 5.73 Å². The van der Waals surface area contributed by atoms with Gasteiger partial charge in [0.2, 0.25) is 0 Å². The minimum absolute atomic E-state index is 0.0230. The SMILES string of the molecule is CCN(C)C(=O)N1CCCC1C(=N)N. The number of carbonyl (C=O) groups excluding carboxylic acids is 1. The summed E-state index contributed by atoms with van der Waals surface area (Å²) in [6.45, 7) is 3.32. The van der Waals surface area contributed by atoms with Gasteiger partial charge in [0.1, 0.15) is 5.84 Å². The molecule has 1 fully saturated rings. The summed E-state index contributed by atoms with van der Waals surface area (Å²) in [6, 6.07) is -0.207. The van der Waals surface area contributed by atoms with Gasteiger partial charge in [-0.15, -0.1) is 0 Å². The summed E-state index contributed by atoms with van der Waals surface area (Å²) in [5.74, 6) is 0.0975. The standard InChI is InChI=1S/C9H18N4O/c1-3-12(2)9(14)13-6-4-5-7(13)8(10)11/h7H,3-6H2,1-2H3,(H3,10,11). The van der Waals surface area contributed by atoms with Crippen LogP contribution >= 0.6 is 0 Å². The summed E-state index contributed by atoms with van der Waals surface area (Å²) >= 11 is 0. The first-order chi connectivity index (χ1) is 6.57. The van der Waals surface area contributed by atoms with Gasteiger partial charge in [0.25, 0.3) is 0 Å². The van der Waals surface area contributed by atoms with E-state index < -0.39 is 0 Å². The summed E-state index contributed by atoms with van der Waals surface area (Å²) in [5, 5.41) is 7.38. The van der Waals surface area contributed by atoms with Crippen LogP contribution in [0.3, 0.4) is 0 Å². The quantitative estimate of drug-likeness (QED) is 0.499. The van der Waals surface area contributed by atoms with Gasteiger partial charge in [0.15, 0.2) is 0 Å². The lowest BCUT2D eigenvalue weighted by atomic mass is 10.2. The molecule has 1 saturated heterocycles. The van der Waals surface area contributed by atoms with Gasteiger partial charge < -0.3 is 15.5 Å². The predicted molar refractivity (Wildman–Crippen MR) is 55.3 cm³/mol. The molecule has 3 N–H and O–H groups in total. The van der Waals surface area contributed by atoms with Crippen LogP contribution in [0.2, 0.25) is 0 Å². The van der Waals surface area contributed by atoms with Gasteiger partial charge in [0, 0.05) is 20.1 Å². The van der Waals surface area contributed by atoms with Crippen LogP contribution in [0, 0.1) is 5.41 Å². The van der Waals surface area contributed by atoms with E-state index in [1.807, 2.05) is 6.92 Å². The molecule has 0 bridgehead atoms. The molecule has 80 valence electrons. The minimum Gasteiger partial charge on any atom is -0.386 e. The molecule has 1 aliphatic rings. The Morgan fingerprint density at radius 2 is 2.36 bits per heavy atom. The number of amides is 2. The van der Waals surface area contributed by atoms with Crippen LogP contribution in [0.1, 0.15) is 19.8 Å². The molecule has 5 nitrogen and oxygen atoms in total. The average Bonchev–Trinajstić information content (AvgIpc) is 2.63. The van der Waals surface area contributed by atoms with Crippen LogP contribution in [0.25, 0.3) is 0 Å². The Hall–Kier alpha value is -1.26. The number of urea groups is 1. The van der Waals surface area contributed by atoms with Crippen molar-refractivity contribution in [2.75, 3.05) is 20.1 Å². The number of nitrogens with zero attached hydrogens (tertiary/aromatic N) is 2. The van der Waals surface area contributed by atoms with Crippen molar-refractivity contribution in [3.63, 3.8) is 0 Å². The highest BCUT2D eigenvalue weighted by Gasteiger charge is 2.31. The topological polar surface area (TPSA) is 73.4 Å². The second-order valence-corrected chi connectivity index (χ2v) is 3.60. The predicted octanol–water partition coefficient (Wildman–Crippen LogP) is 0.458. The van der Waals surface area contributed by atoms with Gasteiger partial charge in [-0.3, -0.25) is 5.41 Å². The molecular weight excluding hydrogens is 180 g/mol. The molecule has 0 aromatic carbocycles. The molecule has 14 heavy (non-hydrogen) atoms. The van der Waals surface area contributed by atoms with E-state index in [2.05, 4.69) is 0 Å². The first kappa shape index (κ1) is 10.8. The molecule has 0 aliphatic carbocycles. The second-order valence-electron chi connectivity index (χ2n) is 3.60. The molecule has 0 aromatic rings. The fourth-order valence-corrected chi connectivity index (χ4v) is 1.67. The molecule has 2 amide bonds. The van der Waals surface area contributed by atoms with Gasteiger partial charge in [-0.1, -0.05) is 0 Å². The molecule has 0 spiro atoms. The highest BCUT2D eigenvalue weighted by molar-refractivity contribution is 5.88. The largest absolute Gasteiger partial charge is 0.386 e. The number of carbonyl (C=O) groups is 1. The highest BCUT2D eigenvalue weighted by atomic mass is 16.2. The van der Waals surface area contributed by atoms with E-state index in [1.165, 1.54) is 0 Å². The number of nitrogens with one attached hydrogen (secondary N) is 1. The Kier molecular flexibility index (Phi) is 3.33. The van der Waals surface area contributed by atoms with Crippen molar-refractivity contribution in [1.29, 1.82) is 5.41 Å². The minimum atomic E-state index is -0.184. The lowest BCUT2D eigenvalue weighted by molar-refractivity contribution is 0.169.